The number of carboxylic acid groups (broad SMARTS) is 3. The lowest BCUT2D eigenvalue weighted by Gasteiger charge is -2.56. The van der Waals surface area contributed by atoms with Crippen molar-refractivity contribution in [3.63, 3.8) is 0 Å². The van der Waals surface area contributed by atoms with Gasteiger partial charge >= 0.3 is 17.9 Å². The quantitative estimate of drug-likeness (QED) is 0.0707. The lowest BCUT2D eigenvalue weighted by molar-refractivity contribution is -0.192. The molecule has 4 N–H and O–H groups in total. The number of aliphatic carboxylic acids is 3. The van der Waals surface area contributed by atoms with Crippen LogP contribution in [0.1, 0.15) is 0 Å². The molecule has 0 aliphatic carbocycles. The lowest BCUT2D eigenvalue weighted by Crippen LogP contribution is -2.81. The first-order valence-electron chi connectivity index (χ1n) is 9.68. The zero-order valence-electron chi connectivity index (χ0n) is 18.2. The zero-order chi connectivity index (χ0) is 26.4. The Kier molecular flexibility index (Phi) is 7.28. The molecule has 0 unspecified atom stereocenters. The summed E-state index contributed by atoms with van der Waals surface area (Å²) in [6, 6.07) is 0. The maximum absolute atomic E-state index is 13.2. The molecule has 1 aromatic rings. The molecular formula is C17H16N6O9S4. The fourth-order valence-electron chi connectivity index (χ4n) is 3.49. The summed E-state index contributed by atoms with van der Waals surface area (Å²) in [5.74, 6) is -5.61. The van der Waals surface area contributed by atoms with Gasteiger partial charge in [-0.15, -0.1) is 16.9 Å². The average molecular weight is 577 g/mol. The molecule has 4 heterocycles. The number of hydrogen-bond donors (Lipinski definition) is 4. The van der Waals surface area contributed by atoms with Gasteiger partial charge in [-0.1, -0.05) is 35.3 Å². The molecule has 2 fully saturated rings. The number of carbonyl (C=O) groups is 5. The molecule has 0 saturated carbocycles. The number of carbonyl (C=O) groups excluding carboxylic acids is 2. The molecule has 1 aromatic heterocycles. The number of aromatic nitrogens is 4. The molecular weight excluding hydrogens is 560 g/mol. The number of thioether (sulfide) groups is 4. The van der Waals surface area contributed by atoms with Crippen LogP contribution in [0.15, 0.2) is 26.2 Å². The number of nitrogens with one attached hydrogen (secondary N) is 1. The van der Waals surface area contributed by atoms with Crippen LogP contribution in [0, 0.1) is 0 Å². The normalized spacial score (nSPS) is 25.0. The Morgan fingerprint density at radius 3 is 2.42 bits per heavy atom. The standard InChI is InChI=1S/C17H16N6O9S4/c1-22-16(19-20-21-22)34-4-5-3-33-15-17(32-2,14(31)23(15)7(5)11(29)30)18-8(24)13-35-12(36-13)6(9(25)26)10(27)28/h13,15H,3-4H2,1-2H3,(H,18,24)(H,25,26)(H,27,28)(H,29,30)/t15-,17+/m1/s1. The van der Waals surface area contributed by atoms with Crippen molar-refractivity contribution in [2.24, 2.45) is 7.05 Å². The zero-order valence-corrected chi connectivity index (χ0v) is 21.5. The second-order valence-corrected chi connectivity index (χ2v) is 12.0. The number of methoxy groups -OCH3 is 1. The van der Waals surface area contributed by atoms with Crippen LogP contribution in [0.25, 0.3) is 0 Å². The number of aryl methyl sites for hydroxylation is 1. The van der Waals surface area contributed by atoms with Gasteiger partial charge < -0.3 is 25.4 Å². The predicted molar refractivity (Wildman–Crippen MR) is 126 cm³/mol. The topological polar surface area (TPSA) is 214 Å². The fraction of sp³-hybridized carbons (Fsp3) is 0.412. The summed E-state index contributed by atoms with van der Waals surface area (Å²) in [7, 11) is 2.84. The van der Waals surface area contributed by atoms with E-state index in [4.69, 9.17) is 14.9 Å². The first kappa shape index (κ1) is 26.3. The Labute approximate surface area is 218 Å². The van der Waals surface area contributed by atoms with Gasteiger partial charge in [-0.2, -0.15) is 0 Å². The van der Waals surface area contributed by atoms with Crippen LogP contribution in [-0.4, -0.2) is 104 Å². The lowest BCUT2D eigenvalue weighted by atomic mass is 9.98. The molecule has 3 aliphatic rings. The first-order valence-corrected chi connectivity index (χ1v) is 13.5. The highest BCUT2D eigenvalue weighted by atomic mass is 32.3. The number of rotatable bonds is 9. The summed E-state index contributed by atoms with van der Waals surface area (Å²) in [6.45, 7) is 0. The highest BCUT2D eigenvalue weighted by Crippen LogP contribution is 2.53. The van der Waals surface area contributed by atoms with E-state index in [9.17, 15) is 29.1 Å². The van der Waals surface area contributed by atoms with Gasteiger partial charge in [-0.3, -0.25) is 14.5 Å². The minimum atomic E-state index is -1.84. The molecule has 19 heteroatoms. The van der Waals surface area contributed by atoms with Gasteiger partial charge in [0.05, 0.1) is 4.24 Å². The van der Waals surface area contributed by atoms with Gasteiger partial charge in [-0.25, -0.2) is 19.1 Å². The van der Waals surface area contributed by atoms with Crippen molar-refractivity contribution in [1.82, 2.24) is 30.4 Å². The highest BCUT2D eigenvalue weighted by molar-refractivity contribution is 8.39. The van der Waals surface area contributed by atoms with E-state index in [1.54, 1.807) is 7.05 Å². The number of hydrogen-bond acceptors (Lipinski definition) is 13. The minimum absolute atomic E-state index is 0.0495. The maximum atomic E-state index is 13.2. The minimum Gasteiger partial charge on any atom is -0.477 e. The Morgan fingerprint density at radius 1 is 1.22 bits per heavy atom. The SMILES string of the molecule is CO[C@@]1(NC(=O)C2SC(=C(C(=O)O)C(=O)O)S2)C(=O)N2C(C(=O)O)=C(CSc3nnnn3C)CS[C@@H]21. The molecule has 4 rings (SSSR count). The summed E-state index contributed by atoms with van der Waals surface area (Å²) in [5, 5.41) is 41.1. The van der Waals surface area contributed by atoms with Crippen molar-refractivity contribution in [1.29, 1.82) is 0 Å². The third kappa shape index (κ3) is 4.33. The van der Waals surface area contributed by atoms with Crippen LogP contribution in [0.5, 0.6) is 0 Å². The maximum Gasteiger partial charge on any atom is 0.352 e. The van der Waals surface area contributed by atoms with Crippen molar-refractivity contribution in [2.45, 2.75) is 20.8 Å². The molecule has 3 aliphatic heterocycles. The van der Waals surface area contributed by atoms with E-state index >= 15 is 0 Å². The molecule has 192 valence electrons. The Bertz CT molecular complexity index is 1220. The van der Waals surface area contributed by atoms with Crippen molar-refractivity contribution < 1.29 is 44.0 Å². The largest absolute Gasteiger partial charge is 0.477 e. The summed E-state index contributed by atoms with van der Waals surface area (Å²) in [5.41, 5.74) is -2.42. The number of fused-ring (bicyclic) bond motifs is 1. The van der Waals surface area contributed by atoms with Crippen LogP contribution in [0.3, 0.4) is 0 Å². The van der Waals surface area contributed by atoms with E-state index in [2.05, 4.69) is 20.8 Å². The Hall–Kier alpha value is -2.74. The van der Waals surface area contributed by atoms with Crippen LogP contribution < -0.4 is 5.32 Å². The molecule has 0 bridgehead atoms. The third-order valence-electron chi connectivity index (χ3n) is 5.17. The summed E-state index contributed by atoms with van der Waals surface area (Å²) < 4.78 is 5.84. The Balaban J connectivity index is 1.49. The van der Waals surface area contributed by atoms with Gasteiger partial charge in [0.15, 0.2) is 5.57 Å². The van der Waals surface area contributed by atoms with E-state index in [1.165, 1.54) is 35.3 Å². The van der Waals surface area contributed by atoms with Gasteiger partial charge in [0.1, 0.15) is 15.7 Å². The highest BCUT2D eigenvalue weighted by Gasteiger charge is 2.67. The van der Waals surface area contributed by atoms with Crippen LogP contribution in [-0.2, 0) is 35.8 Å². The molecule has 0 radical (unpaired) electrons. The van der Waals surface area contributed by atoms with E-state index in [-0.39, 0.29) is 21.4 Å². The molecule has 2 saturated heterocycles. The van der Waals surface area contributed by atoms with Crippen LogP contribution >= 0.6 is 47.0 Å². The number of tetrazole rings is 1. The average Bonchev–Trinajstić information content (AvgIpc) is 3.20. The smallest absolute Gasteiger partial charge is 0.352 e. The summed E-state index contributed by atoms with van der Waals surface area (Å²) >= 11 is 3.88. The summed E-state index contributed by atoms with van der Waals surface area (Å²) in [4.78, 5) is 61.3. The molecule has 0 spiro atoms. The van der Waals surface area contributed by atoms with Gasteiger partial charge in [0, 0.05) is 25.7 Å². The van der Waals surface area contributed by atoms with E-state index in [1.807, 2.05) is 0 Å². The number of ether oxygens (including phenoxy) is 1. The monoisotopic (exact) mass is 576 g/mol. The van der Waals surface area contributed by atoms with E-state index in [0.29, 0.717) is 10.7 Å². The second-order valence-electron chi connectivity index (χ2n) is 7.24. The number of carboxylic acids is 3. The van der Waals surface area contributed by atoms with Gasteiger partial charge in [-0.05, 0) is 16.0 Å². The van der Waals surface area contributed by atoms with Gasteiger partial charge in [0.25, 0.3) is 11.6 Å². The Morgan fingerprint density at radius 2 is 1.89 bits per heavy atom. The summed E-state index contributed by atoms with van der Waals surface area (Å²) in [6.07, 6.45) is 0. The van der Waals surface area contributed by atoms with Crippen molar-refractivity contribution in [2.75, 3.05) is 18.6 Å². The number of nitrogens with zero attached hydrogens (tertiary/aromatic N) is 5. The molecule has 15 nitrogen and oxygen atoms in total. The van der Waals surface area contributed by atoms with E-state index in [0.717, 1.165) is 28.4 Å². The number of β-lactam (4-membered cyclic amide) rings is 1. The molecule has 36 heavy (non-hydrogen) atoms. The van der Waals surface area contributed by atoms with Crippen molar-refractivity contribution in [3.8, 4) is 0 Å². The van der Waals surface area contributed by atoms with Crippen molar-refractivity contribution >= 4 is 76.8 Å². The van der Waals surface area contributed by atoms with Crippen molar-refractivity contribution in [3.05, 3.63) is 21.1 Å². The second kappa shape index (κ2) is 9.96. The number of amides is 2. The third-order valence-corrected chi connectivity index (χ3v) is 10.5. The molecule has 0 aromatic carbocycles. The molecule has 2 atom stereocenters. The first-order chi connectivity index (χ1) is 17.0. The fourth-order valence-corrected chi connectivity index (χ4v) is 8.10. The van der Waals surface area contributed by atoms with Gasteiger partial charge in [0.2, 0.25) is 11.1 Å². The van der Waals surface area contributed by atoms with Crippen LogP contribution in [0.2, 0.25) is 0 Å². The van der Waals surface area contributed by atoms with E-state index < -0.39 is 51.0 Å². The molecule has 2 amide bonds. The predicted octanol–water partition coefficient (Wildman–Crippen LogP) is -0.798. The van der Waals surface area contributed by atoms with Crippen LogP contribution in [0.4, 0.5) is 0 Å².